The van der Waals surface area contributed by atoms with Crippen molar-refractivity contribution < 1.29 is 4.42 Å². The second kappa shape index (κ2) is 4.94. The van der Waals surface area contributed by atoms with Gasteiger partial charge >= 0.3 is 0 Å². The summed E-state index contributed by atoms with van der Waals surface area (Å²) in [4.78, 5) is 4.47. The fraction of sp³-hybridized carbons (Fsp3) is 0.0667. The minimum absolute atomic E-state index is 0.225. The van der Waals surface area contributed by atoms with Crippen molar-refractivity contribution in [2.45, 2.75) is 6.92 Å². The van der Waals surface area contributed by atoms with Crippen molar-refractivity contribution in [3.63, 3.8) is 0 Å². The first-order valence-corrected chi connectivity index (χ1v) is 6.57. The van der Waals surface area contributed by atoms with Crippen LogP contribution < -0.4 is 11.1 Å². The molecule has 3 aromatic rings. The number of oxazole rings is 1. The van der Waals surface area contributed by atoms with E-state index in [1.165, 1.54) is 5.56 Å². The van der Waals surface area contributed by atoms with Crippen LogP contribution in [0.25, 0.3) is 22.6 Å². The summed E-state index contributed by atoms with van der Waals surface area (Å²) in [7, 11) is 0. The van der Waals surface area contributed by atoms with E-state index in [1.807, 2.05) is 49.4 Å². The van der Waals surface area contributed by atoms with E-state index in [0.717, 1.165) is 16.8 Å². The molecule has 0 aliphatic rings. The Morgan fingerprint density at radius 3 is 2.65 bits per heavy atom. The van der Waals surface area contributed by atoms with E-state index < -0.39 is 0 Å². The quantitative estimate of drug-likeness (QED) is 0.705. The van der Waals surface area contributed by atoms with Crippen LogP contribution in [0.1, 0.15) is 5.56 Å². The molecule has 0 spiro atoms. The molecule has 0 saturated heterocycles. The third-order valence-electron chi connectivity index (χ3n) is 2.95. The SMILES string of the molecule is Cc1ccc(-c2nc3ccc(NC(N)=S)cc3o2)cc1. The van der Waals surface area contributed by atoms with E-state index in [2.05, 4.69) is 10.3 Å². The molecule has 0 unspecified atom stereocenters. The summed E-state index contributed by atoms with van der Waals surface area (Å²) < 4.78 is 5.78. The number of thiocarbonyl (C=S) groups is 1. The molecule has 4 nitrogen and oxygen atoms in total. The van der Waals surface area contributed by atoms with Gasteiger partial charge in [-0.3, -0.25) is 0 Å². The second-order valence-corrected chi connectivity index (χ2v) is 5.00. The fourth-order valence-corrected chi connectivity index (χ4v) is 2.08. The van der Waals surface area contributed by atoms with E-state index in [9.17, 15) is 0 Å². The molecule has 0 bridgehead atoms. The summed E-state index contributed by atoms with van der Waals surface area (Å²) in [6.45, 7) is 2.05. The van der Waals surface area contributed by atoms with Crippen molar-refractivity contribution in [2.75, 3.05) is 5.32 Å². The van der Waals surface area contributed by atoms with Gasteiger partial charge in [0.2, 0.25) is 5.89 Å². The van der Waals surface area contributed by atoms with Gasteiger partial charge in [-0.25, -0.2) is 4.98 Å². The number of hydrogen-bond acceptors (Lipinski definition) is 3. The molecule has 20 heavy (non-hydrogen) atoms. The summed E-state index contributed by atoms with van der Waals surface area (Å²) in [6.07, 6.45) is 0. The van der Waals surface area contributed by atoms with Gasteiger partial charge in [-0.2, -0.15) is 0 Å². The molecule has 2 aromatic carbocycles. The first-order chi connectivity index (χ1) is 9.61. The number of hydrogen-bond donors (Lipinski definition) is 2. The molecular formula is C15H13N3OS. The maximum atomic E-state index is 5.78. The standard InChI is InChI=1S/C15H13N3OS/c1-9-2-4-10(5-3-9)14-18-12-7-6-11(17-15(16)20)8-13(12)19-14/h2-8H,1H3,(H3,16,17,20). The highest BCUT2D eigenvalue weighted by Gasteiger charge is 2.08. The predicted octanol–water partition coefficient (Wildman–Crippen LogP) is 3.46. The van der Waals surface area contributed by atoms with Gasteiger partial charge in [0.25, 0.3) is 0 Å². The van der Waals surface area contributed by atoms with Crippen molar-refractivity contribution in [1.29, 1.82) is 0 Å². The monoisotopic (exact) mass is 283 g/mol. The number of fused-ring (bicyclic) bond motifs is 1. The molecule has 0 fully saturated rings. The molecule has 0 aliphatic carbocycles. The summed E-state index contributed by atoms with van der Waals surface area (Å²) in [5, 5.41) is 3.10. The molecule has 0 aliphatic heterocycles. The smallest absolute Gasteiger partial charge is 0.227 e. The molecule has 3 rings (SSSR count). The number of aryl methyl sites for hydroxylation is 1. The molecule has 1 heterocycles. The molecular weight excluding hydrogens is 270 g/mol. The van der Waals surface area contributed by atoms with E-state index >= 15 is 0 Å². The van der Waals surface area contributed by atoms with Crippen LogP contribution in [0.5, 0.6) is 0 Å². The van der Waals surface area contributed by atoms with E-state index in [0.29, 0.717) is 11.5 Å². The number of rotatable bonds is 2. The van der Waals surface area contributed by atoms with Gasteiger partial charge in [0.15, 0.2) is 10.7 Å². The zero-order chi connectivity index (χ0) is 14.1. The minimum atomic E-state index is 0.225. The highest BCUT2D eigenvalue weighted by atomic mass is 32.1. The summed E-state index contributed by atoms with van der Waals surface area (Å²) in [5.41, 5.74) is 9.89. The van der Waals surface area contributed by atoms with E-state index in [1.54, 1.807) is 0 Å². The van der Waals surface area contributed by atoms with Crippen LogP contribution in [0.2, 0.25) is 0 Å². The third-order valence-corrected chi connectivity index (χ3v) is 3.06. The molecule has 0 saturated carbocycles. The zero-order valence-electron chi connectivity index (χ0n) is 10.9. The lowest BCUT2D eigenvalue weighted by Crippen LogP contribution is -2.18. The molecule has 100 valence electrons. The van der Waals surface area contributed by atoms with Crippen molar-refractivity contribution >= 4 is 34.1 Å². The van der Waals surface area contributed by atoms with Crippen molar-refractivity contribution in [3.05, 3.63) is 48.0 Å². The molecule has 3 N–H and O–H groups in total. The summed E-state index contributed by atoms with van der Waals surface area (Å²) >= 11 is 4.81. The Kier molecular flexibility index (Phi) is 3.12. The fourth-order valence-electron chi connectivity index (χ4n) is 1.96. The molecule has 1 aromatic heterocycles. The summed E-state index contributed by atoms with van der Waals surface area (Å²) in [6, 6.07) is 13.6. The summed E-state index contributed by atoms with van der Waals surface area (Å²) in [5.74, 6) is 0.604. The van der Waals surface area contributed by atoms with Crippen molar-refractivity contribution in [1.82, 2.24) is 4.98 Å². The zero-order valence-corrected chi connectivity index (χ0v) is 11.7. The van der Waals surface area contributed by atoms with Gasteiger partial charge in [-0.15, -0.1) is 0 Å². The highest BCUT2D eigenvalue weighted by Crippen LogP contribution is 2.26. The number of nitrogens with zero attached hydrogens (tertiary/aromatic N) is 1. The normalized spacial score (nSPS) is 10.7. The maximum Gasteiger partial charge on any atom is 0.227 e. The maximum absolute atomic E-state index is 5.78. The average Bonchev–Trinajstić information content (AvgIpc) is 2.81. The number of nitrogens with two attached hydrogens (primary N) is 1. The number of aromatic nitrogens is 1. The minimum Gasteiger partial charge on any atom is -0.436 e. The molecule has 5 heteroatoms. The largest absolute Gasteiger partial charge is 0.436 e. The van der Waals surface area contributed by atoms with E-state index in [4.69, 9.17) is 22.4 Å². The molecule has 0 atom stereocenters. The van der Waals surface area contributed by atoms with Gasteiger partial charge < -0.3 is 15.5 Å². The Balaban J connectivity index is 2.01. The van der Waals surface area contributed by atoms with Crippen LogP contribution in [0.15, 0.2) is 46.9 Å². The van der Waals surface area contributed by atoms with E-state index in [-0.39, 0.29) is 5.11 Å². The van der Waals surface area contributed by atoms with Crippen LogP contribution in [0, 0.1) is 6.92 Å². The molecule has 0 radical (unpaired) electrons. The van der Waals surface area contributed by atoms with Crippen molar-refractivity contribution in [3.8, 4) is 11.5 Å². The van der Waals surface area contributed by atoms with Gasteiger partial charge in [-0.05, 0) is 43.4 Å². The number of benzene rings is 2. The topological polar surface area (TPSA) is 64.1 Å². The first-order valence-electron chi connectivity index (χ1n) is 6.16. The van der Waals surface area contributed by atoms with Crippen LogP contribution >= 0.6 is 12.2 Å². The van der Waals surface area contributed by atoms with Crippen LogP contribution in [0.4, 0.5) is 5.69 Å². The van der Waals surface area contributed by atoms with Gasteiger partial charge in [0.1, 0.15) is 5.52 Å². The Morgan fingerprint density at radius 1 is 1.20 bits per heavy atom. The van der Waals surface area contributed by atoms with Gasteiger partial charge in [-0.1, -0.05) is 17.7 Å². The lowest BCUT2D eigenvalue weighted by molar-refractivity contribution is 0.620. The number of anilines is 1. The Morgan fingerprint density at radius 2 is 1.95 bits per heavy atom. The average molecular weight is 283 g/mol. The third kappa shape index (κ3) is 2.48. The Bertz CT molecular complexity index is 777. The predicted molar refractivity (Wildman–Crippen MR) is 84.6 cm³/mol. The molecule has 0 amide bonds. The van der Waals surface area contributed by atoms with Crippen LogP contribution in [-0.2, 0) is 0 Å². The van der Waals surface area contributed by atoms with Crippen LogP contribution in [-0.4, -0.2) is 10.1 Å². The highest BCUT2D eigenvalue weighted by molar-refractivity contribution is 7.80. The van der Waals surface area contributed by atoms with Gasteiger partial charge in [0.05, 0.1) is 0 Å². The first kappa shape index (κ1) is 12.6. The lowest BCUT2D eigenvalue weighted by Gasteiger charge is -2.01. The van der Waals surface area contributed by atoms with Gasteiger partial charge in [0, 0.05) is 17.3 Å². The van der Waals surface area contributed by atoms with Crippen molar-refractivity contribution in [2.24, 2.45) is 5.73 Å². The Hall–Kier alpha value is -2.40. The number of nitrogens with one attached hydrogen (secondary N) is 1. The Labute approximate surface area is 121 Å². The second-order valence-electron chi connectivity index (χ2n) is 4.56. The van der Waals surface area contributed by atoms with Crippen LogP contribution in [0.3, 0.4) is 0 Å². The lowest BCUT2D eigenvalue weighted by atomic mass is 10.1.